The van der Waals surface area contributed by atoms with E-state index in [1.54, 1.807) is 23.0 Å². The first kappa shape index (κ1) is 20.7. The van der Waals surface area contributed by atoms with Gasteiger partial charge in [0.05, 0.1) is 35.3 Å². The number of pyridine rings is 1. The molecule has 3 aromatic rings. The molecule has 29 heavy (non-hydrogen) atoms. The van der Waals surface area contributed by atoms with Gasteiger partial charge < -0.3 is 5.32 Å². The number of hydrogen-bond acceptors (Lipinski definition) is 5. The van der Waals surface area contributed by atoms with Gasteiger partial charge in [0.2, 0.25) is 5.91 Å². The Kier molecular flexibility index (Phi) is 6.07. The highest BCUT2D eigenvalue weighted by Crippen LogP contribution is 2.31. The van der Waals surface area contributed by atoms with Gasteiger partial charge in [-0.1, -0.05) is 18.2 Å². The van der Waals surface area contributed by atoms with Gasteiger partial charge in [-0.2, -0.15) is 13.2 Å². The number of carbonyl (C=O) groups is 2. The average molecular weight is 419 g/mol. The normalized spacial score (nSPS) is 12.4. The minimum Gasteiger partial charge on any atom is -0.324 e. The van der Waals surface area contributed by atoms with E-state index in [0.717, 1.165) is 12.1 Å². The van der Waals surface area contributed by atoms with E-state index < -0.39 is 23.6 Å². The van der Waals surface area contributed by atoms with Crippen LogP contribution in [0, 0.1) is 0 Å². The number of ketones is 1. The lowest BCUT2D eigenvalue weighted by atomic mass is 9.98. The van der Waals surface area contributed by atoms with Crippen LogP contribution in [-0.4, -0.2) is 21.7 Å². The summed E-state index contributed by atoms with van der Waals surface area (Å²) in [6, 6.07) is 7.88. The summed E-state index contributed by atoms with van der Waals surface area (Å²) in [5.41, 5.74) is 2.32. The summed E-state index contributed by atoms with van der Waals surface area (Å²) in [7, 11) is 0. The van der Waals surface area contributed by atoms with Crippen molar-refractivity contribution >= 4 is 28.7 Å². The van der Waals surface area contributed by atoms with Crippen molar-refractivity contribution < 1.29 is 22.8 Å². The molecule has 5 nitrogen and oxygen atoms in total. The van der Waals surface area contributed by atoms with Crippen LogP contribution in [0.25, 0.3) is 0 Å². The van der Waals surface area contributed by atoms with Gasteiger partial charge >= 0.3 is 6.18 Å². The van der Waals surface area contributed by atoms with Gasteiger partial charge in [0.1, 0.15) is 5.69 Å². The number of benzene rings is 1. The van der Waals surface area contributed by atoms with Crippen molar-refractivity contribution in [3.63, 3.8) is 0 Å². The second kappa shape index (κ2) is 8.52. The van der Waals surface area contributed by atoms with Gasteiger partial charge in [0.25, 0.3) is 0 Å². The van der Waals surface area contributed by atoms with Crippen LogP contribution in [0.1, 0.15) is 40.2 Å². The predicted molar refractivity (Wildman–Crippen MR) is 103 cm³/mol. The number of rotatable bonds is 6. The number of thiazole rings is 1. The molecule has 1 aromatic carbocycles. The summed E-state index contributed by atoms with van der Waals surface area (Å²) in [4.78, 5) is 32.6. The molecule has 1 atom stereocenters. The second-order valence-corrected chi connectivity index (χ2v) is 7.06. The molecule has 150 valence electrons. The summed E-state index contributed by atoms with van der Waals surface area (Å²) < 4.78 is 38.6. The Bertz CT molecular complexity index is 1000. The van der Waals surface area contributed by atoms with Crippen molar-refractivity contribution in [2.24, 2.45) is 0 Å². The number of halogens is 3. The first-order valence-electron chi connectivity index (χ1n) is 8.58. The molecule has 0 saturated heterocycles. The molecule has 1 N–H and O–H groups in total. The number of nitrogens with one attached hydrogen (secondary N) is 1. The Balaban J connectivity index is 1.64. The first-order chi connectivity index (χ1) is 13.7. The van der Waals surface area contributed by atoms with Gasteiger partial charge in [0.15, 0.2) is 5.78 Å². The van der Waals surface area contributed by atoms with Crippen LogP contribution < -0.4 is 5.32 Å². The Labute approximate surface area is 168 Å². The summed E-state index contributed by atoms with van der Waals surface area (Å²) in [5.74, 6) is -1.41. The van der Waals surface area contributed by atoms with E-state index in [1.807, 2.05) is 0 Å². The van der Waals surface area contributed by atoms with E-state index in [9.17, 15) is 22.8 Å². The molecule has 0 aliphatic heterocycles. The van der Waals surface area contributed by atoms with E-state index in [-0.39, 0.29) is 17.8 Å². The molecule has 0 fully saturated rings. The first-order valence-corrected chi connectivity index (χ1v) is 9.52. The number of nitrogens with zero attached hydrogens (tertiary/aromatic N) is 2. The Hall–Kier alpha value is -3.07. The lowest BCUT2D eigenvalue weighted by Gasteiger charge is -2.15. The Morgan fingerprint density at radius 2 is 1.97 bits per heavy atom. The van der Waals surface area contributed by atoms with E-state index >= 15 is 0 Å². The minimum atomic E-state index is -4.47. The number of Topliss-reactive ketones (excluding diaryl/α,β-unsaturated/α-hetero) is 1. The lowest BCUT2D eigenvalue weighted by Crippen LogP contribution is -2.19. The average Bonchev–Trinajstić information content (AvgIpc) is 3.23. The molecule has 0 saturated carbocycles. The van der Waals surface area contributed by atoms with E-state index in [4.69, 9.17) is 0 Å². The zero-order valence-electron chi connectivity index (χ0n) is 15.2. The smallest absolute Gasteiger partial charge is 0.324 e. The SMILES string of the molecule is CC(C(=O)Nc1ccc(CC(=O)c2cscn2)nc1)c1cccc(C(F)(F)F)c1. The number of amides is 1. The highest BCUT2D eigenvalue weighted by molar-refractivity contribution is 7.07. The number of aromatic nitrogens is 2. The largest absolute Gasteiger partial charge is 0.416 e. The lowest BCUT2D eigenvalue weighted by molar-refractivity contribution is -0.137. The van der Waals surface area contributed by atoms with Crippen LogP contribution in [-0.2, 0) is 17.4 Å². The third-order valence-electron chi connectivity index (χ3n) is 4.26. The molecule has 2 heterocycles. The van der Waals surface area contributed by atoms with Gasteiger partial charge in [-0.25, -0.2) is 4.98 Å². The quantitative estimate of drug-likeness (QED) is 0.587. The molecular weight excluding hydrogens is 403 g/mol. The fraction of sp³-hybridized carbons (Fsp3) is 0.200. The maximum Gasteiger partial charge on any atom is 0.416 e. The molecule has 9 heteroatoms. The molecule has 0 radical (unpaired) electrons. The maximum absolute atomic E-state index is 12.9. The Morgan fingerprint density at radius 3 is 2.59 bits per heavy atom. The zero-order chi connectivity index (χ0) is 21.0. The van der Waals surface area contributed by atoms with Crippen LogP contribution in [0.4, 0.5) is 18.9 Å². The standard InChI is InChI=1S/C20H16F3N3O2S/c1-12(13-3-2-4-14(7-13)20(21,22)23)19(28)26-16-6-5-15(24-9-16)8-18(27)17-10-29-11-25-17/h2-7,9-12H,8H2,1H3,(H,26,28). The van der Waals surface area contributed by atoms with Crippen LogP contribution in [0.15, 0.2) is 53.5 Å². The molecule has 3 rings (SSSR count). The van der Waals surface area contributed by atoms with Crippen LogP contribution in [0.2, 0.25) is 0 Å². The maximum atomic E-state index is 12.9. The zero-order valence-corrected chi connectivity index (χ0v) is 16.1. The van der Waals surface area contributed by atoms with Crippen molar-refractivity contribution in [2.45, 2.75) is 25.4 Å². The van der Waals surface area contributed by atoms with Crippen LogP contribution >= 0.6 is 11.3 Å². The van der Waals surface area contributed by atoms with Crippen molar-refractivity contribution in [3.8, 4) is 0 Å². The third-order valence-corrected chi connectivity index (χ3v) is 4.85. The second-order valence-electron chi connectivity index (χ2n) is 6.35. The summed E-state index contributed by atoms with van der Waals surface area (Å²) in [5, 5.41) is 4.29. The summed E-state index contributed by atoms with van der Waals surface area (Å²) >= 11 is 1.33. The number of alkyl halides is 3. The van der Waals surface area contributed by atoms with E-state index in [0.29, 0.717) is 17.1 Å². The predicted octanol–water partition coefficient (Wildman–Crippen LogP) is 4.72. The van der Waals surface area contributed by atoms with E-state index in [1.165, 1.54) is 36.6 Å². The monoisotopic (exact) mass is 419 g/mol. The van der Waals surface area contributed by atoms with E-state index in [2.05, 4.69) is 15.3 Å². The molecule has 0 spiro atoms. The Morgan fingerprint density at radius 1 is 1.17 bits per heavy atom. The van der Waals surface area contributed by atoms with Crippen LogP contribution in [0.3, 0.4) is 0 Å². The fourth-order valence-corrected chi connectivity index (χ4v) is 3.15. The molecule has 1 unspecified atom stereocenters. The highest BCUT2D eigenvalue weighted by atomic mass is 32.1. The topological polar surface area (TPSA) is 72.0 Å². The van der Waals surface area contributed by atoms with Crippen molar-refractivity contribution in [2.75, 3.05) is 5.32 Å². The summed E-state index contributed by atoms with van der Waals surface area (Å²) in [6.07, 6.45) is -2.99. The van der Waals surface area contributed by atoms with Crippen molar-refractivity contribution in [1.82, 2.24) is 9.97 Å². The number of hydrogen-bond donors (Lipinski definition) is 1. The van der Waals surface area contributed by atoms with Gasteiger partial charge in [-0.15, -0.1) is 11.3 Å². The van der Waals surface area contributed by atoms with Crippen molar-refractivity contribution in [1.29, 1.82) is 0 Å². The molecule has 2 aromatic heterocycles. The molecule has 0 bridgehead atoms. The number of anilines is 1. The fourth-order valence-electron chi connectivity index (χ4n) is 2.59. The van der Waals surface area contributed by atoms with Crippen molar-refractivity contribution in [3.05, 3.63) is 76.0 Å². The molecular formula is C20H16F3N3O2S. The molecule has 0 aliphatic carbocycles. The minimum absolute atomic E-state index is 0.0819. The molecule has 1 amide bonds. The number of carbonyl (C=O) groups excluding carboxylic acids is 2. The molecule has 0 aliphatic rings. The van der Waals surface area contributed by atoms with Gasteiger partial charge in [-0.05, 0) is 30.7 Å². The third kappa shape index (κ3) is 5.26. The van der Waals surface area contributed by atoms with Gasteiger partial charge in [-0.3, -0.25) is 14.6 Å². The summed E-state index contributed by atoms with van der Waals surface area (Å²) in [6.45, 7) is 1.53. The highest BCUT2D eigenvalue weighted by Gasteiger charge is 2.31. The van der Waals surface area contributed by atoms with Gasteiger partial charge in [0, 0.05) is 11.1 Å². The van der Waals surface area contributed by atoms with Crippen LogP contribution in [0.5, 0.6) is 0 Å².